The Morgan fingerprint density at radius 3 is 2.47 bits per heavy atom. The zero-order valence-corrected chi connectivity index (χ0v) is 19.4. The Bertz CT molecular complexity index is 1200. The van der Waals surface area contributed by atoms with E-state index in [0.717, 1.165) is 19.4 Å². The SMILES string of the molecule is CCC(=O)N1CCN(C(=O)c2cn(C[C@H]3CCCO3)cc3c(=O)n(-c4ccccc4)nc2-3)CC1. The molecular formula is C25H29N5O4. The summed E-state index contributed by atoms with van der Waals surface area (Å²) < 4.78 is 9.03. The number of ether oxygens (including phenoxy) is 1. The highest BCUT2D eigenvalue weighted by Crippen LogP contribution is 2.25. The molecule has 2 amide bonds. The Hall–Kier alpha value is -3.46. The monoisotopic (exact) mass is 463 g/mol. The van der Waals surface area contributed by atoms with E-state index >= 15 is 0 Å². The first kappa shape index (κ1) is 22.3. The lowest BCUT2D eigenvalue weighted by atomic mass is 10.1. The maximum Gasteiger partial charge on any atom is 0.282 e. The summed E-state index contributed by atoms with van der Waals surface area (Å²) in [5.41, 5.74) is 1.61. The summed E-state index contributed by atoms with van der Waals surface area (Å²) in [5.74, 6) is -0.0748. The number of nitrogens with zero attached hydrogens (tertiary/aromatic N) is 5. The molecule has 1 aromatic rings. The van der Waals surface area contributed by atoms with Crippen molar-refractivity contribution in [3.63, 3.8) is 0 Å². The molecule has 0 N–H and O–H groups in total. The molecule has 4 aliphatic rings. The average molecular weight is 464 g/mol. The number of pyridine rings is 1. The fourth-order valence-corrected chi connectivity index (χ4v) is 4.74. The molecule has 5 rings (SSSR count). The van der Waals surface area contributed by atoms with Gasteiger partial charge in [0.1, 0.15) is 5.69 Å². The van der Waals surface area contributed by atoms with E-state index in [1.807, 2.05) is 41.8 Å². The number of amides is 2. The molecule has 4 aliphatic heterocycles. The van der Waals surface area contributed by atoms with Crippen LogP contribution in [-0.4, -0.2) is 74.9 Å². The number of carbonyl (C=O) groups excluding carboxylic acids is 2. The molecule has 2 fully saturated rings. The van der Waals surface area contributed by atoms with Gasteiger partial charge in [-0.2, -0.15) is 9.78 Å². The van der Waals surface area contributed by atoms with Gasteiger partial charge in [-0.25, -0.2) is 0 Å². The summed E-state index contributed by atoms with van der Waals surface area (Å²) in [5, 5.41) is 4.58. The van der Waals surface area contributed by atoms with Crippen molar-refractivity contribution in [2.75, 3.05) is 32.8 Å². The summed E-state index contributed by atoms with van der Waals surface area (Å²) in [4.78, 5) is 42.5. The molecule has 34 heavy (non-hydrogen) atoms. The maximum absolute atomic E-state index is 13.6. The highest BCUT2D eigenvalue weighted by atomic mass is 16.5. The van der Waals surface area contributed by atoms with Gasteiger partial charge in [0.15, 0.2) is 0 Å². The normalized spacial score (nSPS) is 18.6. The van der Waals surface area contributed by atoms with Gasteiger partial charge < -0.3 is 19.1 Å². The van der Waals surface area contributed by atoms with Crippen LogP contribution in [0.25, 0.3) is 16.9 Å². The summed E-state index contributed by atoms with van der Waals surface area (Å²) in [6.07, 6.45) is 6.06. The standard InChI is InChI=1S/C25H29N5O4/c1-2-22(31)28-10-12-29(13-11-28)24(32)20-16-27(15-19-9-6-14-34-19)17-21-23(20)26-30(25(21)33)18-7-4-3-5-8-18/h3-5,7-8,16-17,19H,2,6,9-15H2,1H3/t19-/m1/s1. The third kappa shape index (κ3) is 4.23. The highest BCUT2D eigenvalue weighted by molar-refractivity contribution is 6.00. The molecule has 4 heterocycles. The number of fused-ring (bicyclic) bond motifs is 1. The van der Waals surface area contributed by atoms with E-state index in [0.29, 0.717) is 61.7 Å². The van der Waals surface area contributed by atoms with Gasteiger partial charge in [-0.1, -0.05) is 25.1 Å². The summed E-state index contributed by atoms with van der Waals surface area (Å²) in [6.45, 7) is 5.08. The van der Waals surface area contributed by atoms with Gasteiger partial charge in [0.2, 0.25) is 5.91 Å². The zero-order valence-electron chi connectivity index (χ0n) is 19.4. The first-order valence-electron chi connectivity index (χ1n) is 11.9. The van der Waals surface area contributed by atoms with E-state index in [2.05, 4.69) is 5.10 Å². The molecule has 1 aromatic carbocycles. The van der Waals surface area contributed by atoms with Crippen LogP contribution >= 0.6 is 0 Å². The quantitative estimate of drug-likeness (QED) is 0.578. The molecule has 0 unspecified atom stereocenters. The van der Waals surface area contributed by atoms with Gasteiger partial charge in [0, 0.05) is 58.1 Å². The Morgan fingerprint density at radius 2 is 1.79 bits per heavy atom. The summed E-state index contributed by atoms with van der Waals surface area (Å²) in [7, 11) is 0. The molecule has 0 radical (unpaired) electrons. The van der Waals surface area contributed by atoms with Gasteiger partial charge in [0.25, 0.3) is 11.5 Å². The van der Waals surface area contributed by atoms with Crippen LogP contribution in [0, 0.1) is 0 Å². The molecule has 9 heteroatoms. The van der Waals surface area contributed by atoms with E-state index in [-0.39, 0.29) is 23.5 Å². The number of para-hydroxylation sites is 1. The second-order valence-corrected chi connectivity index (χ2v) is 8.85. The van der Waals surface area contributed by atoms with Gasteiger partial charge in [-0.05, 0) is 25.0 Å². The third-order valence-corrected chi connectivity index (χ3v) is 6.61. The molecule has 0 aromatic heterocycles. The largest absolute Gasteiger partial charge is 0.376 e. The fourth-order valence-electron chi connectivity index (χ4n) is 4.74. The summed E-state index contributed by atoms with van der Waals surface area (Å²) >= 11 is 0. The van der Waals surface area contributed by atoms with Crippen LogP contribution in [0.15, 0.2) is 47.5 Å². The fraction of sp³-hybridized carbons (Fsp3) is 0.440. The molecule has 0 aliphatic carbocycles. The number of piperazine rings is 1. The molecule has 1 atom stereocenters. The van der Waals surface area contributed by atoms with Crippen LogP contribution in [0.3, 0.4) is 0 Å². The van der Waals surface area contributed by atoms with Crippen LogP contribution in [0.4, 0.5) is 0 Å². The molecule has 2 saturated heterocycles. The van der Waals surface area contributed by atoms with E-state index < -0.39 is 0 Å². The number of aromatic nitrogens is 3. The predicted octanol–water partition coefficient (Wildman–Crippen LogP) is 2.01. The lowest BCUT2D eigenvalue weighted by Crippen LogP contribution is -2.50. The van der Waals surface area contributed by atoms with E-state index in [9.17, 15) is 14.4 Å². The molecule has 9 nitrogen and oxygen atoms in total. The average Bonchev–Trinajstić information content (AvgIpc) is 3.51. The zero-order chi connectivity index (χ0) is 23.7. The lowest BCUT2D eigenvalue weighted by molar-refractivity contribution is -0.132. The minimum Gasteiger partial charge on any atom is -0.376 e. The molecule has 0 spiro atoms. The number of hydrogen-bond acceptors (Lipinski definition) is 5. The number of rotatable bonds is 5. The predicted molar refractivity (Wildman–Crippen MR) is 126 cm³/mol. The van der Waals surface area contributed by atoms with Crippen LogP contribution in [-0.2, 0) is 16.1 Å². The van der Waals surface area contributed by atoms with Crippen molar-refractivity contribution in [3.05, 3.63) is 58.6 Å². The van der Waals surface area contributed by atoms with Crippen molar-refractivity contribution in [3.8, 4) is 16.9 Å². The topological polar surface area (TPSA) is 89.7 Å². The van der Waals surface area contributed by atoms with Crippen molar-refractivity contribution in [2.24, 2.45) is 0 Å². The van der Waals surface area contributed by atoms with Gasteiger partial charge >= 0.3 is 0 Å². The van der Waals surface area contributed by atoms with Gasteiger partial charge in [-0.3, -0.25) is 14.4 Å². The summed E-state index contributed by atoms with van der Waals surface area (Å²) in [6, 6.07) is 9.21. The minimum atomic E-state index is -0.254. The first-order valence-corrected chi connectivity index (χ1v) is 11.9. The second kappa shape index (κ2) is 9.42. The van der Waals surface area contributed by atoms with Gasteiger partial charge in [0.05, 0.1) is 22.9 Å². The van der Waals surface area contributed by atoms with E-state index in [1.165, 1.54) is 4.68 Å². The molecular weight excluding hydrogens is 434 g/mol. The van der Waals surface area contributed by atoms with Gasteiger partial charge in [-0.15, -0.1) is 0 Å². The molecule has 178 valence electrons. The Balaban J connectivity index is 1.51. The first-order chi connectivity index (χ1) is 16.5. The van der Waals surface area contributed by atoms with Crippen molar-refractivity contribution >= 4 is 11.8 Å². The van der Waals surface area contributed by atoms with Crippen molar-refractivity contribution in [2.45, 2.75) is 38.8 Å². The van der Waals surface area contributed by atoms with Crippen LogP contribution < -0.4 is 5.56 Å². The number of carbonyl (C=O) groups is 2. The Labute approximate surface area is 197 Å². The second-order valence-electron chi connectivity index (χ2n) is 8.85. The number of benzene rings is 1. The van der Waals surface area contributed by atoms with Crippen molar-refractivity contribution in [1.29, 1.82) is 0 Å². The van der Waals surface area contributed by atoms with E-state index in [4.69, 9.17) is 4.74 Å². The van der Waals surface area contributed by atoms with Crippen molar-refractivity contribution in [1.82, 2.24) is 24.1 Å². The molecule has 0 bridgehead atoms. The lowest BCUT2D eigenvalue weighted by Gasteiger charge is -2.35. The van der Waals surface area contributed by atoms with E-state index in [1.54, 1.807) is 22.2 Å². The Morgan fingerprint density at radius 1 is 1.06 bits per heavy atom. The van der Waals surface area contributed by atoms with Crippen LogP contribution in [0.2, 0.25) is 0 Å². The Kier molecular flexibility index (Phi) is 6.19. The smallest absolute Gasteiger partial charge is 0.282 e. The van der Waals surface area contributed by atoms with Crippen molar-refractivity contribution < 1.29 is 14.3 Å². The highest BCUT2D eigenvalue weighted by Gasteiger charge is 2.30. The maximum atomic E-state index is 13.6. The molecule has 0 saturated carbocycles. The third-order valence-electron chi connectivity index (χ3n) is 6.61. The number of hydrogen-bond donors (Lipinski definition) is 0. The van der Waals surface area contributed by atoms with Crippen LogP contribution in [0.1, 0.15) is 36.5 Å². The van der Waals surface area contributed by atoms with Crippen LogP contribution in [0.5, 0.6) is 0 Å². The minimum absolute atomic E-state index is 0.0632.